The van der Waals surface area contributed by atoms with Crippen LogP contribution in [-0.4, -0.2) is 9.78 Å². The average molecular weight is 248 g/mol. The Morgan fingerprint density at radius 1 is 1.00 bits per heavy atom. The molecule has 5 heteroatoms. The monoisotopic (exact) mass is 248 g/mol. The van der Waals surface area contributed by atoms with Gasteiger partial charge in [0.25, 0.3) is 0 Å². The largest absolute Gasteiger partial charge is 0.433 e. The number of hydrogen-bond donors (Lipinski definition) is 0. The van der Waals surface area contributed by atoms with Crippen molar-refractivity contribution in [3.63, 3.8) is 0 Å². The minimum atomic E-state index is -4.38. The Kier molecular flexibility index (Phi) is 3.10. The SMILES string of the molecule is CC(C)(C)c1cnn(C(C)(C)C)c1C(F)(F)F. The zero-order valence-corrected chi connectivity index (χ0v) is 11.1. The van der Waals surface area contributed by atoms with E-state index in [4.69, 9.17) is 0 Å². The van der Waals surface area contributed by atoms with E-state index in [1.165, 1.54) is 6.20 Å². The normalized spacial score (nSPS) is 14.2. The topological polar surface area (TPSA) is 17.8 Å². The first kappa shape index (κ1) is 14.1. The first-order valence-corrected chi connectivity index (χ1v) is 5.51. The maximum atomic E-state index is 13.1. The molecule has 1 aromatic rings. The quantitative estimate of drug-likeness (QED) is 0.679. The third-order valence-corrected chi connectivity index (χ3v) is 2.48. The Hall–Kier alpha value is -1.00. The third kappa shape index (κ3) is 2.82. The zero-order valence-electron chi connectivity index (χ0n) is 11.1. The van der Waals surface area contributed by atoms with Crippen LogP contribution in [0, 0.1) is 0 Å². The number of aromatic nitrogens is 2. The first-order valence-electron chi connectivity index (χ1n) is 5.51. The molecule has 0 bridgehead atoms. The zero-order chi connectivity index (χ0) is 13.6. The highest BCUT2D eigenvalue weighted by Gasteiger charge is 2.42. The van der Waals surface area contributed by atoms with Crippen LogP contribution in [0.4, 0.5) is 13.2 Å². The Morgan fingerprint density at radius 2 is 1.47 bits per heavy atom. The number of hydrogen-bond acceptors (Lipinski definition) is 1. The van der Waals surface area contributed by atoms with E-state index < -0.39 is 22.8 Å². The molecule has 1 heterocycles. The maximum absolute atomic E-state index is 13.1. The molecule has 0 amide bonds. The Bertz CT molecular complexity index is 371. The molecule has 1 aromatic heterocycles. The van der Waals surface area contributed by atoms with Crippen molar-refractivity contribution in [2.75, 3.05) is 0 Å². The summed E-state index contributed by atoms with van der Waals surface area (Å²) in [6.07, 6.45) is -3.06. The summed E-state index contributed by atoms with van der Waals surface area (Å²) in [5, 5.41) is 3.92. The maximum Gasteiger partial charge on any atom is 0.433 e. The van der Waals surface area contributed by atoms with Crippen LogP contribution < -0.4 is 0 Å². The van der Waals surface area contributed by atoms with Crippen LogP contribution in [0.5, 0.6) is 0 Å². The summed E-state index contributed by atoms with van der Waals surface area (Å²) in [5.41, 5.74) is -1.67. The predicted octanol–water partition coefficient (Wildman–Crippen LogP) is 3.95. The molecule has 0 N–H and O–H groups in total. The van der Waals surface area contributed by atoms with Gasteiger partial charge in [0.1, 0.15) is 5.69 Å². The molecule has 98 valence electrons. The van der Waals surface area contributed by atoms with Crippen molar-refractivity contribution in [3.8, 4) is 0 Å². The molecule has 0 aromatic carbocycles. The van der Waals surface area contributed by atoms with Gasteiger partial charge >= 0.3 is 6.18 Å². The van der Waals surface area contributed by atoms with Gasteiger partial charge in [0, 0.05) is 5.56 Å². The van der Waals surface area contributed by atoms with Crippen molar-refractivity contribution in [1.29, 1.82) is 0 Å². The van der Waals surface area contributed by atoms with Gasteiger partial charge in [-0.2, -0.15) is 18.3 Å². The second-order valence-corrected chi connectivity index (χ2v) is 6.24. The molecular weight excluding hydrogens is 229 g/mol. The molecule has 0 unspecified atom stereocenters. The molecule has 0 aliphatic heterocycles. The Morgan fingerprint density at radius 3 is 1.76 bits per heavy atom. The van der Waals surface area contributed by atoms with Crippen molar-refractivity contribution in [3.05, 3.63) is 17.5 Å². The van der Waals surface area contributed by atoms with Crippen LogP contribution in [0.1, 0.15) is 52.8 Å². The van der Waals surface area contributed by atoms with Crippen LogP contribution in [-0.2, 0) is 17.1 Å². The second-order valence-electron chi connectivity index (χ2n) is 6.24. The fourth-order valence-corrected chi connectivity index (χ4v) is 1.68. The molecule has 0 spiro atoms. The number of rotatable bonds is 0. The van der Waals surface area contributed by atoms with Gasteiger partial charge in [-0.25, -0.2) is 0 Å². The van der Waals surface area contributed by atoms with Crippen molar-refractivity contribution in [1.82, 2.24) is 9.78 Å². The van der Waals surface area contributed by atoms with Crippen LogP contribution >= 0.6 is 0 Å². The highest BCUT2D eigenvalue weighted by Crippen LogP contribution is 2.39. The summed E-state index contributed by atoms with van der Waals surface area (Å²) < 4.78 is 40.5. The molecule has 2 nitrogen and oxygen atoms in total. The second kappa shape index (κ2) is 3.75. The molecule has 1 rings (SSSR count). The van der Waals surface area contributed by atoms with Crippen LogP contribution in [0.3, 0.4) is 0 Å². The summed E-state index contributed by atoms with van der Waals surface area (Å²) in [4.78, 5) is 0. The molecule has 0 radical (unpaired) electrons. The fraction of sp³-hybridized carbons (Fsp3) is 0.750. The van der Waals surface area contributed by atoms with Gasteiger partial charge in [0.05, 0.1) is 11.7 Å². The van der Waals surface area contributed by atoms with Crippen LogP contribution in [0.2, 0.25) is 0 Å². The molecule has 0 atom stereocenters. The van der Waals surface area contributed by atoms with E-state index >= 15 is 0 Å². The van der Waals surface area contributed by atoms with Gasteiger partial charge < -0.3 is 0 Å². The van der Waals surface area contributed by atoms with E-state index in [2.05, 4.69) is 5.10 Å². The van der Waals surface area contributed by atoms with Crippen molar-refractivity contribution >= 4 is 0 Å². The third-order valence-electron chi connectivity index (χ3n) is 2.48. The minimum Gasteiger partial charge on any atom is -0.255 e. The standard InChI is InChI=1S/C12H19F3N2/c1-10(2,3)8-7-16-17(11(4,5)6)9(8)12(13,14)15/h7H,1-6H3. The number of halogens is 3. The van der Waals surface area contributed by atoms with E-state index in [0.29, 0.717) is 0 Å². The van der Waals surface area contributed by atoms with Gasteiger partial charge in [-0.15, -0.1) is 0 Å². The van der Waals surface area contributed by atoms with Gasteiger partial charge in [-0.1, -0.05) is 20.8 Å². The number of alkyl halides is 3. The molecule has 0 aliphatic carbocycles. The highest BCUT2D eigenvalue weighted by atomic mass is 19.4. The molecule has 0 fully saturated rings. The summed E-state index contributed by atoms with van der Waals surface area (Å²) in [6.45, 7) is 10.4. The van der Waals surface area contributed by atoms with Crippen molar-refractivity contribution in [2.24, 2.45) is 0 Å². The predicted molar refractivity (Wildman–Crippen MR) is 60.9 cm³/mol. The van der Waals surface area contributed by atoms with E-state index in [-0.39, 0.29) is 5.56 Å². The molecule has 0 saturated carbocycles. The summed E-state index contributed by atoms with van der Waals surface area (Å²) >= 11 is 0. The van der Waals surface area contributed by atoms with Crippen molar-refractivity contribution in [2.45, 2.75) is 58.7 Å². The van der Waals surface area contributed by atoms with Crippen LogP contribution in [0.15, 0.2) is 6.20 Å². The smallest absolute Gasteiger partial charge is 0.255 e. The van der Waals surface area contributed by atoms with E-state index in [1.54, 1.807) is 41.5 Å². The lowest BCUT2D eigenvalue weighted by Gasteiger charge is -2.26. The Labute approximate surface area is 99.8 Å². The highest BCUT2D eigenvalue weighted by molar-refractivity contribution is 5.28. The average Bonchev–Trinajstić information content (AvgIpc) is 2.42. The summed E-state index contributed by atoms with van der Waals surface area (Å²) in [6, 6.07) is 0. The molecule has 0 aliphatic rings. The lowest BCUT2D eigenvalue weighted by molar-refractivity contribution is -0.147. The number of nitrogens with zero attached hydrogens (tertiary/aromatic N) is 2. The van der Waals surface area contributed by atoms with E-state index in [9.17, 15) is 13.2 Å². The lowest BCUT2D eigenvalue weighted by Crippen LogP contribution is -2.30. The van der Waals surface area contributed by atoms with Gasteiger partial charge in [-0.3, -0.25) is 4.68 Å². The summed E-state index contributed by atoms with van der Waals surface area (Å²) in [7, 11) is 0. The lowest BCUT2D eigenvalue weighted by atomic mass is 9.87. The first-order chi connectivity index (χ1) is 7.35. The van der Waals surface area contributed by atoms with E-state index in [1.807, 2.05) is 0 Å². The van der Waals surface area contributed by atoms with Gasteiger partial charge in [0.2, 0.25) is 0 Å². The van der Waals surface area contributed by atoms with Gasteiger partial charge in [0.15, 0.2) is 0 Å². The molecule has 17 heavy (non-hydrogen) atoms. The van der Waals surface area contributed by atoms with Crippen LogP contribution in [0.25, 0.3) is 0 Å². The Balaban J connectivity index is 3.53. The molecular formula is C12H19F3N2. The van der Waals surface area contributed by atoms with Crippen molar-refractivity contribution < 1.29 is 13.2 Å². The fourth-order valence-electron chi connectivity index (χ4n) is 1.68. The minimum absolute atomic E-state index is 0.236. The molecule has 0 saturated heterocycles. The van der Waals surface area contributed by atoms with E-state index in [0.717, 1.165) is 4.68 Å². The van der Waals surface area contributed by atoms with Gasteiger partial charge in [-0.05, 0) is 26.2 Å². The summed E-state index contributed by atoms with van der Waals surface area (Å²) in [5.74, 6) is 0.